The molecule has 6 nitrogen and oxygen atoms in total. The first-order valence-electron chi connectivity index (χ1n) is 8.60. The van der Waals surface area contributed by atoms with Crippen LogP contribution in [-0.2, 0) is 14.8 Å². The van der Waals surface area contributed by atoms with Gasteiger partial charge in [0.2, 0.25) is 15.9 Å². The zero-order valence-corrected chi connectivity index (χ0v) is 17.1. The summed E-state index contributed by atoms with van der Waals surface area (Å²) in [5.41, 5.74) is 3.60. The van der Waals surface area contributed by atoms with Crippen molar-refractivity contribution in [2.24, 2.45) is 0 Å². The standard InChI is InChI=1S/C20H26N2O4S/c1-14-6-7-15(2)19(12-14)16(3)21-20(23)13-22(27(5,24)25)17-8-10-18(26-4)11-9-17/h6-12,16H,13H2,1-5H3,(H,21,23)/t16-/m0/s1. The minimum absolute atomic E-state index is 0.227. The van der Waals surface area contributed by atoms with Crippen molar-refractivity contribution in [2.45, 2.75) is 26.8 Å². The van der Waals surface area contributed by atoms with E-state index in [0.717, 1.165) is 27.3 Å². The number of anilines is 1. The fourth-order valence-electron chi connectivity index (χ4n) is 2.87. The van der Waals surface area contributed by atoms with Crippen LogP contribution in [0.4, 0.5) is 5.69 Å². The van der Waals surface area contributed by atoms with E-state index in [9.17, 15) is 13.2 Å². The molecule has 0 radical (unpaired) electrons. The van der Waals surface area contributed by atoms with Gasteiger partial charge in [0.05, 0.1) is 25.1 Å². The topological polar surface area (TPSA) is 75.7 Å². The molecule has 0 aliphatic carbocycles. The molecule has 2 rings (SSSR count). The number of rotatable bonds is 7. The molecule has 0 saturated carbocycles. The maximum atomic E-state index is 12.5. The van der Waals surface area contributed by atoms with Crippen LogP contribution in [0.15, 0.2) is 42.5 Å². The highest BCUT2D eigenvalue weighted by atomic mass is 32.2. The molecule has 0 aliphatic rings. The number of sulfonamides is 1. The van der Waals surface area contributed by atoms with Crippen LogP contribution < -0.4 is 14.4 Å². The first kappa shape index (κ1) is 20.8. The second-order valence-electron chi connectivity index (χ2n) is 6.62. The largest absolute Gasteiger partial charge is 0.497 e. The third-order valence-corrected chi connectivity index (χ3v) is 5.47. The molecule has 0 aromatic heterocycles. The van der Waals surface area contributed by atoms with Crippen LogP contribution in [0.25, 0.3) is 0 Å². The molecule has 0 heterocycles. The molecule has 1 N–H and O–H groups in total. The molecule has 0 unspecified atom stereocenters. The van der Waals surface area contributed by atoms with Crippen molar-refractivity contribution in [1.29, 1.82) is 0 Å². The number of benzene rings is 2. The molecule has 0 spiro atoms. The number of hydrogen-bond acceptors (Lipinski definition) is 4. The highest BCUT2D eigenvalue weighted by Gasteiger charge is 2.22. The maximum absolute atomic E-state index is 12.5. The highest BCUT2D eigenvalue weighted by Crippen LogP contribution is 2.22. The summed E-state index contributed by atoms with van der Waals surface area (Å²) in [7, 11) is -2.08. The first-order chi connectivity index (χ1) is 12.6. The Morgan fingerprint density at radius 2 is 1.78 bits per heavy atom. The average molecular weight is 391 g/mol. The fraction of sp³-hybridized carbons (Fsp3) is 0.350. The van der Waals surface area contributed by atoms with E-state index < -0.39 is 10.0 Å². The molecule has 2 aromatic rings. The molecule has 1 amide bonds. The lowest BCUT2D eigenvalue weighted by Gasteiger charge is -2.24. The molecular formula is C20H26N2O4S. The number of carbonyl (C=O) groups is 1. The Kier molecular flexibility index (Phi) is 6.49. The molecule has 146 valence electrons. The molecule has 0 fully saturated rings. The summed E-state index contributed by atoms with van der Waals surface area (Å²) in [6.07, 6.45) is 1.08. The summed E-state index contributed by atoms with van der Waals surface area (Å²) in [4.78, 5) is 12.5. The van der Waals surface area contributed by atoms with Gasteiger partial charge in [0.25, 0.3) is 0 Å². The number of nitrogens with zero attached hydrogens (tertiary/aromatic N) is 1. The number of nitrogens with one attached hydrogen (secondary N) is 1. The first-order valence-corrected chi connectivity index (χ1v) is 10.4. The van der Waals surface area contributed by atoms with Gasteiger partial charge < -0.3 is 10.1 Å². The van der Waals surface area contributed by atoms with Crippen LogP contribution in [0, 0.1) is 13.8 Å². The van der Waals surface area contributed by atoms with Gasteiger partial charge in [-0.05, 0) is 56.2 Å². The zero-order chi connectivity index (χ0) is 20.2. The molecule has 0 aliphatic heterocycles. The quantitative estimate of drug-likeness (QED) is 0.789. The molecular weight excluding hydrogens is 364 g/mol. The van der Waals surface area contributed by atoms with Crippen LogP contribution in [0.2, 0.25) is 0 Å². The normalized spacial score (nSPS) is 12.3. The van der Waals surface area contributed by atoms with Crippen LogP contribution in [0.5, 0.6) is 5.75 Å². The Morgan fingerprint density at radius 1 is 1.15 bits per heavy atom. The number of methoxy groups -OCH3 is 1. The molecule has 1 atom stereocenters. The molecule has 2 aromatic carbocycles. The van der Waals surface area contributed by atoms with Gasteiger partial charge in [-0.25, -0.2) is 8.42 Å². The third-order valence-electron chi connectivity index (χ3n) is 4.33. The minimum Gasteiger partial charge on any atom is -0.497 e. The van der Waals surface area contributed by atoms with E-state index >= 15 is 0 Å². The maximum Gasteiger partial charge on any atom is 0.241 e. The van der Waals surface area contributed by atoms with Gasteiger partial charge in [0.1, 0.15) is 12.3 Å². The number of carbonyl (C=O) groups excluding carboxylic acids is 1. The second-order valence-corrected chi connectivity index (χ2v) is 8.52. The van der Waals surface area contributed by atoms with Crippen molar-refractivity contribution in [2.75, 3.05) is 24.2 Å². The summed E-state index contributed by atoms with van der Waals surface area (Å²) >= 11 is 0. The lowest BCUT2D eigenvalue weighted by molar-refractivity contribution is -0.120. The summed E-state index contributed by atoms with van der Waals surface area (Å²) < 4.78 is 30.6. The Bertz CT molecular complexity index is 908. The molecule has 0 saturated heterocycles. The molecule has 27 heavy (non-hydrogen) atoms. The van der Waals surface area contributed by atoms with Crippen molar-refractivity contribution in [1.82, 2.24) is 5.32 Å². The van der Waals surface area contributed by atoms with Gasteiger partial charge >= 0.3 is 0 Å². The van der Waals surface area contributed by atoms with Crippen LogP contribution in [0.3, 0.4) is 0 Å². The van der Waals surface area contributed by atoms with Gasteiger partial charge in [-0.1, -0.05) is 23.8 Å². The summed E-state index contributed by atoms with van der Waals surface area (Å²) in [5, 5.41) is 2.89. The van der Waals surface area contributed by atoms with E-state index in [1.165, 1.54) is 7.11 Å². The average Bonchev–Trinajstić information content (AvgIpc) is 2.61. The molecule has 7 heteroatoms. The number of aryl methyl sites for hydroxylation is 2. The van der Waals surface area contributed by atoms with Crippen molar-refractivity contribution in [3.8, 4) is 5.75 Å². The number of ether oxygens (including phenoxy) is 1. The highest BCUT2D eigenvalue weighted by molar-refractivity contribution is 7.92. The van der Waals surface area contributed by atoms with E-state index in [2.05, 4.69) is 5.32 Å². The van der Waals surface area contributed by atoms with E-state index in [1.54, 1.807) is 24.3 Å². The van der Waals surface area contributed by atoms with Crippen molar-refractivity contribution >= 4 is 21.6 Å². The molecule has 0 bridgehead atoms. The summed E-state index contributed by atoms with van der Waals surface area (Å²) in [6, 6.07) is 12.4. The van der Waals surface area contributed by atoms with Crippen molar-refractivity contribution in [3.05, 3.63) is 59.2 Å². The third kappa shape index (κ3) is 5.47. The van der Waals surface area contributed by atoms with Gasteiger partial charge in [0, 0.05) is 0 Å². The van der Waals surface area contributed by atoms with Gasteiger partial charge in [-0.2, -0.15) is 0 Å². The summed E-state index contributed by atoms with van der Waals surface area (Å²) in [5.74, 6) is 0.241. The Morgan fingerprint density at radius 3 is 2.33 bits per heavy atom. The van der Waals surface area contributed by atoms with Crippen LogP contribution >= 0.6 is 0 Å². The smallest absolute Gasteiger partial charge is 0.241 e. The van der Waals surface area contributed by atoms with Crippen LogP contribution in [-0.4, -0.2) is 34.2 Å². The lowest BCUT2D eigenvalue weighted by atomic mass is 10.00. The zero-order valence-electron chi connectivity index (χ0n) is 16.3. The predicted molar refractivity (Wildman–Crippen MR) is 108 cm³/mol. The Hall–Kier alpha value is -2.54. The van der Waals surface area contributed by atoms with Crippen molar-refractivity contribution < 1.29 is 17.9 Å². The number of amides is 1. The predicted octanol–water partition coefficient (Wildman–Crippen LogP) is 2.96. The van der Waals surface area contributed by atoms with E-state index in [-0.39, 0.29) is 18.5 Å². The van der Waals surface area contributed by atoms with Gasteiger partial charge in [-0.3, -0.25) is 9.10 Å². The van der Waals surface area contributed by atoms with Crippen LogP contribution in [0.1, 0.15) is 29.7 Å². The fourth-order valence-corrected chi connectivity index (χ4v) is 3.73. The van der Waals surface area contributed by atoms with Gasteiger partial charge in [0.15, 0.2) is 0 Å². The monoisotopic (exact) mass is 390 g/mol. The SMILES string of the molecule is COc1ccc(N(CC(=O)N[C@@H](C)c2cc(C)ccc2C)S(C)(=O)=O)cc1. The minimum atomic E-state index is -3.62. The Balaban J connectivity index is 2.17. The Labute approximate surface area is 161 Å². The van der Waals surface area contributed by atoms with E-state index in [0.29, 0.717) is 11.4 Å². The lowest BCUT2D eigenvalue weighted by Crippen LogP contribution is -2.41. The second kappa shape index (κ2) is 8.43. The van der Waals surface area contributed by atoms with E-state index in [4.69, 9.17) is 4.74 Å². The summed E-state index contributed by atoms with van der Waals surface area (Å²) in [6.45, 7) is 5.57. The number of hydrogen-bond donors (Lipinski definition) is 1. The van der Waals surface area contributed by atoms with Gasteiger partial charge in [-0.15, -0.1) is 0 Å². The van der Waals surface area contributed by atoms with Crippen molar-refractivity contribution in [3.63, 3.8) is 0 Å². The van der Waals surface area contributed by atoms with E-state index in [1.807, 2.05) is 39.0 Å².